The van der Waals surface area contributed by atoms with Crippen molar-refractivity contribution in [2.75, 3.05) is 34.4 Å². The van der Waals surface area contributed by atoms with Crippen LogP contribution in [0.2, 0.25) is 0 Å². The predicted octanol–water partition coefficient (Wildman–Crippen LogP) is 7.13. The quantitative estimate of drug-likeness (QED) is 0.207. The van der Waals surface area contributed by atoms with Crippen LogP contribution < -0.4 is 4.74 Å². The molecule has 5 rings (SSSR count). The van der Waals surface area contributed by atoms with Gasteiger partial charge in [0.25, 0.3) is 0 Å². The molecule has 2 fully saturated rings. The van der Waals surface area contributed by atoms with Gasteiger partial charge in [0.05, 0.1) is 12.7 Å². The third kappa shape index (κ3) is 5.96. The van der Waals surface area contributed by atoms with Crippen LogP contribution in [0.3, 0.4) is 0 Å². The van der Waals surface area contributed by atoms with Crippen molar-refractivity contribution in [3.05, 3.63) is 65.2 Å². The maximum absolute atomic E-state index is 6.26. The number of methoxy groups -OCH3 is 2. The van der Waals surface area contributed by atoms with Gasteiger partial charge in [-0.2, -0.15) is 0 Å². The van der Waals surface area contributed by atoms with Gasteiger partial charge in [-0.3, -0.25) is 0 Å². The number of hydrogen-bond donors (Lipinski definition) is 0. The fourth-order valence-electron chi connectivity index (χ4n) is 8.02. The summed E-state index contributed by atoms with van der Waals surface area (Å²) in [4.78, 5) is 0. The summed E-state index contributed by atoms with van der Waals surface area (Å²) in [7, 11) is 3.40. The molecule has 5 nitrogen and oxygen atoms in total. The highest BCUT2D eigenvalue weighted by molar-refractivity contribution is 5.41. The van der Waals surface area contributed by atoms with Gasteiger partial charge in [0.1, 0.15) is 12.5 Å². The maximum Gasteiger partial charge on any atom is 0.188 e. The summed E-state index contributed by atoms with van der Waals surface area (Å²) in [6.45, 7) is 4.74. The van der Waals surface area contributed by atoms with E-state index < -0.39 is 0 Å². The first-order valence-corrected chi connectivity index (χ1v) is 14.6. The Hall–Kier alpha value is -1.92. The first-order valence-electron chi connectivity index (χ1n) is 14.6. The van der Waals surface area contributed by atoms with Crippen molar-refractivity contribution in [2.24, 2.45) is 23.2 Å². The SMILES string of the molecule is COCOc1ccc2c(c1)C[C@@H](CCCCOCc1ccccc1)[C@@H]1[C@@H]2CC[C@]2(C)[C@@H](OCOC)CC[C@@H]12. The number of fused-ring (bicyclic) bond motifs is 5. The average molecular weight is 523 g/mol. The molecule has 0 aromatic heterocycles. The van der Waals surface area contributed by atoms with Crippen molar-refractivity contribution < 1.29 is 23.7 Å². The lowest BCUT2D eigenvalue weighted by atomic mass is 9.52. The molecule has 0 saturated heterocycles. The van der Waals surface area contributed by atoms with Crippen LogP contribution in [0.15, 0.2) is 48.5 Å². The molecular weight excluding hydrogens is 476 g/mol. The van der Waals surface area contributed by atoms with Gasteiger partial charge in [0.15, 0.2) is 6.79 Å². The molecule has 0 N–H and O–H groups in total. The van der Waals surface area contributed by atoms with E-state index in [2.05, 4.69) is 55.5 Å². The van der Waals surface area contributed by atoms with Crippen LogP contribution in [0.25, 0.3) is 0 Å². The van der Waals surface area contributed by atoms with E-state index in [9.17, 15) is 0 Å². The molecule has 3 aliphatic carbocycles. The summed E-state index contributed by atoms with van der Waals surface area (Å²) in [5, 5.41) is 0. The third-order valence-corrected chi connectivity index (χ3v) is 9.74. The Morgan fingerprint density at radius 3 is 2.58 bits per heavy atom. The molecule has 5 heteroatoms. The van der Waals surface area contributed by atoms with Crippen LogP contribution in [0.1, 0.15) is 74.5 Å². The lowest BCUT2D eigenvalue weighted by Gasteiger charge is -2.53. The maximum atomic E-state index is 6.26. The monoisotopic (exact) mass is 522 g/mol. The fourth-order valence-corrected chi connectivity index (χ4v) is 8.02. The van der Waals surface area contributed by atoms with Gasteiger partial charge in [-0.05, 0) is 103 Å². The summed E-state index contributed by atoms with van der Waals surface area (Å²) >= 11 is 0. The molecule has 0 bridgehead atoms. The summed E-state index contributed by atoms with van der Waals surface area (Å²) in [5.74, 6) is 3.67. The third-order valence-electron chi connectivity index (χ3n) is 9.74. The van der Waals surface area contributed by atoms with E-state index in [1.807, 2.05) is 0 Å². The minimum atomic E-state index is 0.246. The van der Waals surface area contributed by atoms with Crippen molar-refractivity contribution in [3.8, 4) is 5.75 Å². The molecule has 3 aliphatic rings. The molecule has 0 unspecified atom stereocenters. The van der Waals surface area contributed by atoms with Gasteiger partial charge >= 0.3 is 0 Å². The van der Waals surface area contributed by atoms with E-state index in [1.165, 1.54) is 43.2 Å². The minimum Gasteiger partial charge on any atom is -0.468 e. The largest absolute Gasteiger partial charge is 0.468 e. The van der Waals surface area contributed by atoms with Crippen molar-refractivity contribution in [1.82, 2.24) is 0 Å². The normalized spacial score (nSPS) is 29.9. The number of rotatable bonds is 13. The first-order chi connectivity index (χ1) is 18.6. The summed E-state index contributed by atoms with van der Waals surface area (Å²) in [5.41, 5.74) is 4.54. The number of unbranched alkanes of at least 4 members (excludes halogenated alkanes) is 1. The van der Waals surface area contributed by atoms with Crippen molar-refractivity contribution >= 4 is 0 Å². The van der Waals surface area contributed by atoms with E-state index in [4.69, 9.17) is 23.7 Å². The topological polar surface area (TPSA) is 46.2 Å². The molecule has 38 heavy (non-hydrogen) atoms. The fraction of sp³-hybridized carbons (Fsp3) is 0.636. The number of ether oxygens (including phenoxy) is 5. The zero-order chi connectivity index (χ0) is 26.4. The van der Waals surface area contributed by atoms with Gasteiger partial charge < -0.3 is 23.7 Å². The first kappa shape index (κ1) is 27.6. The van der Waals surface area contributed by atoms with Crippen LogP contribution in [0.4, 0.5) is 0 Å². The summed E-state index contributed by atoms with van der Waals surface area (Å²) in [6.07, 6.45) is 9.94. The molecule has 0 spiro atoms. The molecule has 2 saturated carbocycles. The van der Waals surface area contributed by atoms with Gasteiger partial charge in [-0.1, -0.05) is 49.7 Å². The Balaban J connectivity index is 1.28. The second kappa shape index (κ2) is 13.0. The standard InChI is InChI=1S/C33H46O5/c1-33-17-16-29-28-13-12-27(37-22-34-2)20-26(28)19-25(32(29)30(33)14-15-31(33)38-23-35-3)11-7-8-18-36-21-24-9-5-4-6-10-24/h4-6,9-10,12-13,20,25,29-32H,7-8,11,14-19,21-23H2,1-3H3/t25-,29-,30+,31+,32-,33+/m1/s1. The highest BCUT2D eigenvalue weighted by Gasteiger charge is 2.57. The average Bonchev–Trinajstić information content (AvgIpc) is 3.28. The van der Waals surface area contributed by atoms with Gasteiger partial charge in [-0.25, -0.2) is 0 Å². The van der Waals surface area contributed by atoms with Crippen LogP contribution >= 0.6 is 0 Å². The Morgan fingerprint density at radius 2 is 1.76 bits per heavy atom. The second-order valence-electron chi connectivity index (χ2n) is 11.9. The smallest absolute Gasteiger partial charge is 0.188 e. The Morgan fingerprint density at radius 1 is 0.921 bits per heavy atom. The Kier molecular flexibility index (Phi) is 9.42. The molecule has 6 atom stereocenters. The Bertz CT molecular complexity index is 1010. The van der Waals surface area contributed by atoms with Gasteiger partial charge in [0.2, 0.25) is 0 Å². The molecule has 2 aromatic carbocycles. The number of hydrogen-bond acceptors (Lipinski definition) is 5. The second-order valence-corrected chi connectivity index (χ2v) is 11.9. The Labute approximate surface area is 229 Å². The van der Waals surface area contributed by atoms with E-state index >= 15 is 0 Å². The number of benzene rings is 2. The van der Waals surface area contributed by atoms with Crippen LogP contribution in [0.5, 0.6) is 5.75 Å². The van der Waals surface area contributed by atoms with Gasteiger partial charge in [-0.15, -0.1) is 0 Å². The van der Waals surface area contributed by atoms with E-state index in [1.54, 1.807) is 19.8 Å². The predicted molar refractivity (Wildman–Crippen MR) is 149 cm³/mol. The lowest BCUT2D eigenvalue weighted by molar-refractivity contribution is -0.128. The molecule has 0 heterocycles. The van der Waals surface area contributed by atoms with Crippen LogP contribution in [-0.4, -0.2) is 40.5 Å². The molecule has 2 aromatic rings. The van der Waals surface area contributed by atoms with Gasteiger partial charge in [0, 0.05) is 20.8 Å². The summed E-state index contributed by atoms with van der Waals surface area (Å²) < 4.78 is 28.5. The van der Waals surface area contributed by atoms with E-state index in [0.717, 1.165) is 31.6 Å². The highest BCUT2D eigenvalue weighted by Crippen LogP contribution is 2.63. The van der Waals surface area contributed by atoms with Crippen molar-refractivity contribution in [3.63, 3.8) is 0 Å². The molecule has 0 radical (unpaired) electrons. The molecule has 0 amide bonds. The van der Waals surface area contributed by atoms with Crippen molar-refractivity contribution in [1.29, 1.82) is 0 Å². The zero-order valence-corrected chi connectivity index (χ0v) is 23.5. The van der Waals surface area contributed by atoms with Crippen LogP contribution in [0, 0.1) is 23.2 Å². The van der Waals surface area contributed by atoms with Crippen LogP contribution in [-0.2, 0) is 32.0 Å². The van der Waals surface area contributed by atoms with E-state index in [-0.39, 0.29) is 5.41 Å². The summed E-state index contributed by atoms with van der Waals surface area (Å²) in [6, 6.07) is 17.3. The molecule has 208 valence electrons. The highest BCUT2D eigenvalue weighted by atomic mass is 16.7. The van der Waals surface area contributed by atoms with Crippen molar-refractivity contribution in [2.45, 2.75) is 76.9 Å². The zero-order valence-electron chi connectivity index (χ0n) is 23.5. The molecule has 0 aliphatic heterocycles. The molecular formula is C33H46O5. The van der Waals surface area contributed by atoms with E-state index in [0.29, 0.717) is 50.0 Å². The lowest BCUT2D eigenvalue weighted by Crippen LogP contribution is -2.47. The minimum absolute atomic E-state index is 0.246.